The number of rotatable bonds is 3. The standard InChI is InChI=1S/C15H17F3N2O/c1-4-13(21)14-9(2)19-20(10(14)3)12-7-5-11(6-8-12)15(16,17)18/h5-8,13,21H,4H2,1-3H3. The highest BCUT2D eigenvalue weighted by atomic mass is 19.4. The van der Waals surface area contributed by atoms with Crippen molar-refractivity contribution in [1.29, 1.82) is 0 Å². The maximum atomic E-state index is 12.6. The van der Waals surface area contributed by atoms with E-state index < -0.39 is 17.8 Å². The summed E-state index contributed by atoms with van der Waals surface area (Å²) < 4.78 is 39.3. The van der Waals surface area contributed by atoms with E-state index >= 15 is 0 Å². The van der Waals surface area contributed by atoms with Crippen LogP contribution in [0.1, 0.15) is 42.0 Å². The highest BCUT2D eigenvalue weighted by Gasteiger charge is 2.30. The lowest BCUT2D eigenvalue weighted by molar-refractivity contribution is -0.137. The zero-order chi connectivity index (χ0) is 15.8. The Kier molecular flexibility index (Phi) is 4.09. The fourth-order valence-corrected chi connectivity index (χ4v) is 2.38. The van der Waals surface area contributed by atoms with E-state index in [0.717, 1.165) is 23.4 Å². The molecule has 0 bridgehead atoms. The molecule has 0 aliphatic heterocycles. The molecule has 0 amide bonds. The third-order valence-corrected chi connectivity index (χ3v) is 3.51. The van der Waals surface area contributed by atoms with Crippen LogP contribution in [0, 0.1) is 13.8 Å². The van der Waals surface area contributed by atoms with Gasteiger partial charge in [0.2, 0.25) is 0 Å². The van der Waals surface area contributed by atoms with Gasteiger partial charge in [0, 0.05) is 11.3 Å². The zero-order valence-corrected chi connectivity index (χ0v) is 12.1. The van der Waals surface area contributed by atoms with Gasteiger partial charge in [-0.1, -0.05) is 6.92 Å². The summed E-state index contributed by atoms with van der Waals surface area (Å²) in [7, 11) is 0. The van der Waals surface area contributed by atoms with Gasteiger partial charge in [0.1, 0.15) is 0 Å². The highest BCUT2D eigenvalue weighted by Crippen LogP contribution is 2.30. The molecule has 1 aromatic heterocycles. The van der Waals surface area contributed by atoms with E-state index in [2.05, 4.69) is 5.10 Å². The van der Waals surface area contributed by atoms with Gasteiger partial charge in [-0.25, -0.2) is 4.68 Å². The van der Waals surface area contributed by atoms with E-state index in [-0.39, 0.29) is 0 Å². The molecule has 21 heavy (non-hydrogen) atoms. The molecule has 2 aromatic rings. The van der Waals surface area contributed by atoms with Crippen molar-refractivity contribution in [2.45, 2.75) is 39.5 Å². The maximum Gasteiger partial charge on any atom is 0.416 e. The number of aliphatic hydroxyl groups excluding tert-OH is 1. The Labute approximate surface area is 121 Å². The summed E-state index contributed by atoms with van der Waals surface area (Å²) in [5.41, 5.74) is 2.00. The van der Waals surface area contributed by atoms with Crippen LogP contribution in [-0.2, 0) is 6.18 Å². The van der Waals surface area contributed by atoms with E-state index in [1.807, 2.05) is 6.92 Å². The van der Waals surface area contributed by atoms with Gasteiger partial charge < -0.3 is 5.11 Å². The van der Waals surface area contributed by atoms with Crippen molar-refractivity contribution in [3.8, 4) is 5.69 Å². The van der Waals surface area contributed by atoms with Crippen molar-refractivity contribution in [2.24, 2.45) is 0 Å². The number of hydrogen-bond acceptors (Lipinski definition) is 2. The lowest BCUT2D eigenvalue weighted by Gasteiger charge is -2.10. The smallest absolute Gasteiger partial charge is 0.388 e. The minimum absolute atomic E-state index is 0.540. The summed E-state index contributed by atoms with van der Waals surface area (Å²) in [6, 6.07) is 4.82. The first-order valence-corrected chi connectivity index (χ1v) is 6.67. The molecule has 1 atom stereocenters. The van der Waals surface area contributed by atoms with Crippen molar-refractivity contribution in [3.05, 3.63) is 46.8 Å². The quantitative estimate of drug-likeness (QED) is 0.931. The molecule has 0 saturated heterocycles. The molecule has 0 fully saturated rings. The number of aromatic nitrogens is 2. The summed E-state index contributed by atoms with van der Waals surface area (Å²) >= 11 is 0. The minimum Gasteiger partial charge on any atom is -0.388 e. The molecular formula is C15H17F3N2O. The predicted molar refractivity (Wildman–Crippen MR) is 73.3 cm³/mol. The van der Waals surface area contributed by atoms with E-state index in [4.69, 9.17) is 0 Å². The van der Waals surface area contributed by atoms with Gasteiger partial charge in [0.05, 0.1) is 23.0 Å². The van der Waals surface area contributed by atoms with Crippen molar-refractivity contribution < 1.29 is 18.3 Å². The molecule has 1 aromatic carbocycles. The first-order valence-electron chi connectivity index (χ1n) is 6.67. The summed E-state index contributed by atoms with van der Waals surface area (Å²) in [5, 5.41) is 14.3. The average Bonchev–Trinajstić information content (AvgIpc) is 2.72. The second-order valence-electron chi connectivity index (χ2n) is 4.96. The Morgan fingerprint density at radius 1 is 1.19 bits per heavy atom. The maximum absolute atomic E-state index is 12.6. The van der Waals surface area contributed by atoms with Crippen molar-refractivity contribution in [1.82, 2.24) is 9.78 Å². The Bertz CT molecular complexity index is 630. The Balaban J connectivity index is 2.44. The van der Waals surface area contributed by atoms with Crippen LogP contribution in [0.15, 0.2) is 24.3 Å². The van der Waals surface area contributed by atoms with Gasteiger partial charge in [-0.3, -0.25) is 0 Å². The molecule has 0 aliphatic carbocycles. The molecule has 1 heterocycles. The molecule has 1 unspecified atom stereocenters. The highest BCUT2D eigenvalue weighted by molar-refractivity contribution is 5.40. The first kappa shape index (κ1) is 15.6. The molecule has 3 nitrogen and oxygen atoms in total. The Hall–Kier alpha value is -1.82. The zero-order valence-electron chi connectivity index (χ0n) is 12.1. The van der Waals surface area contributed by atoms with Crippen molar-refractivity contribution in [2.75, 3.05) is 0 Å². The average molecular weight is 298 g/mol. The van der Waals surface area contributed by atoms with Crippen LogP contribution in [0.5, 0.6) is 0 Å². The first-order chi connectivity index (χ1) is 9.75. The molecule has 0 saturated carbocycles. The fraction of sp³-hybridized carbons (Fsp3) is 0.400. The number of aliphatic hydroxyl groups is 1. The van der Waals surface area contributed by atoms with Gasteiger partial charge >= 0.3 is 6.18 Å². The molecule has 0 aliphatic rings. The number of alkyl halides is 3. The normalized spacial score (nSPS) is 13.5. The van der Waals surface area contributed by atoms with Crippen molar-refractivity contribution in [3.63, 3.8) is 0 Å². The van der Waals surface area contributed by atoms with Gasteiger partial charge in [-0.05, 0) is 44.5 Å². The number of halogens is 3. The molecule has 6 heteroatoms. The minimum atomic E-state index is -4.35. The molecule has 1 N–H and O–H groups in total. The molecule has 114 valence electrons. The van der Waals surface area contributed by atoms with Crippen LogP contribution in [0.3, 0.4) is 0 Å². The van der Waals surface area contributed by atoms with Crippen LogP contribution >= 0.6 is 0 Å². The summed E-state index contributed by atoms with van der Waals surface area (Å²) in [6.07, 6.45) is -4.41. The van der Waals surface area contributed by atoms with Crippen LogP contribution < -0.4 is 0 Å². The predicted octanol–water partition coefficient (Wildman–Crippen LogP) is 3.95. The van der Waals surface area contributed by atoms with E-state index in [1.165, 1.54) is 12.1 Å². The molecule has 2 rings (SSSR count). The largest absolute Gasteiger partial charge is 0.416 e. The second kappa shape index (κ2) is 5.52. The van der Waals surface area contributed by atoms with Crippen LogP contribution in [0.25, 0.3) is 5.69 Å². The lowest BCUT2D eigenvalue weighted by atomic mass is 10.1. The Morgan fingerprint density at radius 3 is 2.24 bits per heavy atom. The topological polar surface area (TPSA) is 38.1 Å². The number of hydrogen-bond donors (Lipinski definition) is 1. The van der Waals surface area contributed by atoms with Crippen molar-refractivity contribution >= 4 is 0 Å². The fourth-order valence-electron chi connectivity index (χ4n) is 2.38. The number of nitrogens with zero attached hydrogens (tertiary/aromatic N) is 2. The summed E-state index contributed by atoms with van der Waals surface area (Å²) in [4.78, 5) is 0. The summed E-state index contributed by atoms with van der Waals surface area (Å²) in [6.45, 7) is 5.44. The third-order valence-electron chi connectivity index (χ3n) is 3.51. The molecule has 0 spiro atoms. The third kappa shape index (κ3) is 2.95. The monoisotopic (exact) mass is 298 g/mol. The SMILES string of the molecule is CCC(O)c1c(C)nn(-c2ccc(C(F)(F)F)cc2)c1C. The lowest BCUT2D eigenvalue weighted by Crippen LogP contribution is -2.06. The van der Waals surface area contributed by atoms with E-state index in [0.29, 0.717) is 17.8 Å². The van der Waals surface area contributed by atoms with Gasteiger partial charge in [-0.2, -0.15) is 18.3 Å². The molecule has 0 radical (unpaired) electrons. The van der Waals surface area contributed by atoms with Gasteiger partial charge in [-0.15, -0.1) is 0 Å². The number of aryl methyl sites for hydroxylation is 1. The van der Waals surface area contributed by atoms with Crippen LogP contribution in [-0.4, -0.2) is 14.9 Å². The van der Waals surface area contributed by atoms with E-state index in [1.54, 1.807) is 18.5 Å². The van der Waals surface area contributed by atoms with E-state index in [9.17, 15) is 18.3 Å². The number of benzene rings is 1. The second-order valence-corrected chi connectivity index (χ2v) is 4.96. The van der Waals surface area contributed by atoms with Gasteiger partial charge in [0.15, 0.2) is 0 Å². The van der Waals surface area contributed by atoms with Crippen LogP contribution in [0.4, 0.5) is 13.2 Å². The van der Waals surface area contributed by atoms with Gasteiger partial charge in [0.25, 0.3) is 0 Å². The molecular weight excluding hydrogens is 281 g/mol. The van der Waals surface area contributed by atoms with Crippen LogP contribution in [0.2, 0.25) is 0 Å². The Morgan fingerprint density at radius 2 is 1.76 bits per heavy atom. The summed E-state index contributed by atoms with van der Waals surface area (Å²) in [5.74, 6) is 0.